The smallest absolute Gasteiger partial charge is 0.267 e. The van der Waals surface area contributed by atoms with E-state index < -0.39 is 0 Å². The highest BCUT2D eigenvalue weighted by atomic mass is 16.5. The molecule has 160 valence electrons. The molecular weight excluding hydrogens is 396 g/mol. The van der Waals surface area contributed by atoms with Crippen LogP contribution in [0.15, 0.2) is 59.8 Å². The fraction of sp³-hybridized carbons (Fsp3) is 0.318. The van der Waals surface area contributed by atoms with Crippen molar-refractivity contribution in [3.8, 4) is 17.0 Å². The van der Waals surface area contributed by atoms with Gasteiger partial charge in [0.05, 0.1) is 12.3 Å². The van der Waals surface area contributed by atoms with Gasteiger partial charge in [0.15, 0.2) is 0 Å². The molecule has 3 heterocycles. The molecule has 31 heavy (non-hydrogen) atoms. The fourth-order valence-electron chi connectivity index (χ4n) is 3.49. The second-order valence-corrected chi connectivity index (χ2v) is 7.11. The third kappa shape index (κ3) is 4.88. The van der Waals surface area contributed by atoms with Crippen molar-refractivity contribution in [3.05, 3.63) is 65.3 Å². The highest BCUT2D eigenvalue weighted by molar-refractivity contribution is 5.76. The third-order valence-electron chi connectivity index (χ3n) is 5.14. The van der Waals surface area contributed by atoms with E-state index in [2.05, 4.69) is 20.0 Å². The van der Waals surface area contributed by atoms with Gasteiger partial charge in [0.1, 0.15) is 24.4 Å². The number of hydrogen-bond donors (Lipinski definition) is 0. The molecule has 1 aromatic carbocycles. The van der Waals surface area contributed by atoms with Gasteiger partial charge in [0, 0.05) is 50.1 Å². The van der Waals surface area contributed by atoms with Crippen LogP contribution in [0.1, 0.15) is 6.92 Å². The van der Waals surface area contributed by atoms with Crippen LogP contribution in [0.25, 0.3) is 11.3 Å². The van der Waals surface area contributed by atoms with Crippen LogP contribution < -0.4 is 15.2 Å². The van der Waals surface area contributed by atoms with E-state index in [0.29, 0.717) is 32.8 Å². The van der Waals surface area contributed by atoms with Gasteiger partial charge in [-0.25, -0.2) is 14.6 Å². The molecule has 9 nitrogen and oxygen atoms in total. The average molecular weight is 420 g/mol. The molecule has 1 saturated heterocycles. The number of amides is 1. The third-order valence-corrected chi connectivity index (χ3v) is 5.14. The lowest BCUT2D eigenvalue weighted by atomic mass is 10.1. The number of nitrogens with zero attached hydrogens (tertiary/aromatic N) is 6. The lowest BCUT2D eigenvalue weighted by Gasteiger charge is -2.35. The summed E-state index contributed by atoms with van der Waals surface area (Å²) in [5, 5.41) is 3.95. The van der Waals surface area contributed by atoms with Crippen LogP contribution in [0, 0.1) is 0 Å². The van der Waals surface area contributed by atoms with Crippen molar-refractivity contribution in [1.29, 1.82) is 0 Å². The highest BCUT2D eigenvalue weighted by Crippen LogP contribution is 2.24. The van der Waals surface area contributed by atoms with Crippen molar-refractivity contribution in [2.75, 3.05) is 37.7 Å². The Morgan fingerprint density at radius 1 is 1.06 bits per heavy atom. The van der Waals surface area contributed by atoms with E-state index in [-0.39, 0.29) is 18.0 Å². The van der Waals surface area contributed by atoms with E-state index in [4.69, 9.17) is 4.74 Å². The fourth-order valence-corrected chi connectivity index (χ4v) is 3.49. The molecule has 0 aliphatic carbocycles. The molecule has 4 rings (SSSR count). The van der Waals surface area contributed by atoms with Crippen LogP contribution in [-0.4, -0.2) is 63.3 Å². The van der Waals surface area contributed by atoms with Crippen molar-refractivity contribution >= 4 is 11.7 Å². The molecule has 3 aromatic rings. The summed E-state index contributed by atoms with van der Waals surface area (Å²) in [5.41, 5.74) is 1.54. The first-order valence-electron chi connectivity index (χ1n) is 10.2. The molecule has 0 N–H and O–H groups in total. The Kier molecular flexibility index (Phi) is 6.21. The maximum atomic E-state index is 12.5. The first-order valence-corrected chi connectivity index (χ1v) is 10.2. The molecule has 1 aliphatic rings. The van der Waals surface area contributed by atoms with Gasteiger partial charge in [0.25, 0.3) is 5.56 Å². The van der Waals surface area contributed by atoms with Crippen LogP contribution in [0.5, 0.6) is 5.75 Å². The molecule has 1 aliphatic heterocycles. The van der Waals surface area contributed by atoms with E-state index >= 15 is 0 Å². The number of aromatic nitrogens is 4. The summed E-state index contributed by atoms with van der Waals surface area (Å²) in [7, 11) is 0. The maximum absolute atomic E-state index is 12.5. The minimum absolute atomic E-state index is 0.0466. The molecule has 0 bridgehead atoms. The Balaban J connectivity index is 1.38. The number of ether oxygens (including phenoxy) is 1. The summed E-state index contributed by atoms with van der Waals surface area (Å²) in [6, 6.07) is 12.7. The Morgan fingerprint density at radius 2 is 1.84 bits per heavy atom. The van der Waals surface area contributed by atoms with Gasteiger partial charge < -0.3 is 14.5 Å². The van der Waals surface area contributed by atoms with Crippen LogP contribution in [0.2, 0.25) is 0 Å². The van der Waals surface area contributed by atoms with Gasteiger partial charge in [-0.3, -0.25) is 9.59 Å². The summed E-state index contributed by atoms with van der Waals surface area (Å²) in [6.07, 6.45) is 3.07. The largest absolute Gasteiger partial charge is 0.494 e. The lowest BCUT2D eigenvalue weighted by molar-refractivity contribution is -0.132. The van der Waals surface area contributed by atoms with E-state index in [1.807, 2.05) is 37.3 Å². The summed E-state index contributed by atoms with van der Waals surface area (Å²) in [4.78, 5) is 37.0. The molecule has 0 atom stereocenters. The highest BCUT2D eigenvalue weighted by Gasteiger charge is 2.23. The number of benzene rings is 1. The molecular formula is C22H24N6O3. The van der Waals surface area contributed by atoms with E-state index in [9.17, 15) is 9.59 Å². The number of carbonyl (C=O) groups is 1. The minimum Gasteiger partial charge on any atom is -0.494 e. The molecule has 0 saturated carbocycles. The summed E-state index contributed by atoms with van der Waals surface area (Å²) in [5.74, 6) is 1.54. The summed E-state index contributed by atoms with van der Waals surface area (Å²) in [6.45, 7) is 4.96. The predicted octanol–water partition coefficient (Wildman–Crippen LogP) is 1.45. The number of rotatable bonds is 6. The standard InChI is InChI=1S/C22H24N6O3/c1-2-31-18-7-5-17(6-8-18)19-14-20(24-16-23-19)26-10-12-27(13-11-26)22(30)15-28-21(29)4-3-9-25-28/h3-9,14,16H,2,10-13,15H2,1H3. The predicted molar refractivity (Wildman–Crippen MR) is 116 cm³/mol. The van der Waals surface area contributed by atoms with Crippen molar-refractivity contribution < 1.29 is 9.53 Å². The van der Waals surface area contributed by atoms with Gasteiger partial charge in [0.2, 0.25) is 5.91 Å². The van der Waals surface area contributed by atoms with Crippen LogP contribution in [0.3, 0.4) is 0 Å². The van der Waals surface area contributed by atoms with Gasteiger partial charge in [-0.1, -0.05) is 0 Å². The van der Waals surface area contributed by atoms with Crippen LogP contribution in [0.4, 0.5) is 5.82 Å². The van der Waals surface area contributed by atoms with Crippen molar-refractivity contribution in [2.45, 2.75) is 13.5 Å². The Morgan fingerprint density at radius 3 is 2.55 bits per heavy atom. The Bertz CT molecular complexity index is 1090. The zero-order valence-electron chi connectivity index (χ0n) is 17.3. The van der Waals surface area contributed by atoms with Crippen LogP contribution in [-0.2, 0) is 11.3 Å². The van der Waals surface area contributed by atoms with Crippen LogP contribution >= 0.6 is 0 Å². The topological polar surface area (TPSA) is 93.5 Å². The number of piperazine rings is 1. The van der Waals surface area contributed by atoms with Crippen molar-refractivity contribution in [1.82, 2.24) is 24.6 Å². The van der Waals surface area contributed by atoms with Gasteiger partial charge in [-0.15, -0.1) is 0 Å². The van der Waals surface area contributed by atoms with Gasteiger partial charge in [-0.05, 0) is 37.3 Å². The van der Waals surface area contributed by atoms with E-state index in [1.165, 1.54) is 16.9 Å². The average Bonchev–Trinajstić information content (AvgIpc) is 2.81. The van der Waals surface area contributed by atoms with E-state index in [1.54, 1.807) is 17.3 Å². The van der Waals surface area contributed by atoms with Gasteiger partial charge in [-0.2, -0.15) is 5.10 Å². The zero-order chi connectivity index (χ0) is 21.6. The summed E-state index contributed by atoms with van der Waals surface area (Å²) < 4.78 is 6.68. The molecule has 9 heteroatoms. The molecule has 0 unspecified atom stereocenters. The normalized spacial score (nSPS) is 13.8. The number of anilines is 1. The molecule has 2 aromatic heterocycles. The molecule has 1 amide bonds. The number of carbonyl (C=O) groups excluding carboxylic acids is 1. The van der Waals surface area contributed by atoms with Crippen molar-refractivity contribution in [3.63, 3.8) is 0 Å². The number of hydrogen-bond acceptors (Lipinski definition) is 7. The first kappa shape index (κ1) is 20.5. The monoisotopic (exact) mass is 420 g/mol. The first-order chi connectivity index (χ1) is 15.1. The van der Waals surface area contributed by atoms with E-state index in [0.717, 1.165) is 22.8 Å². The minimum atomic E-state index is -0.280. The second-order valence-electron chi connectivity index (χ2n) is 7.11. The molecule has 0 radical (unpaired) electrons. The summed E-state index contributed by atoms with van der Waals surface area (Å²) >= 11 is 0. The SMILES string of the molecule is CCOc1ccc(-c2cc(N3CCN(C(=O)Cn4ncccc4=O)CC3)ncn2)cc1. The second kappa shape index (κ2) is 9.38. The van der Waals surface area contributed by atoms with Gasteiger partial charge >= 0.3 is 0 Å². The zero-order valence-corrected chi connectivity index (χ0v) is 17.3. The maximum Gasteiger partial charge on any atom is 0.267 e. The Labute approximate surface area is 179 Å². The van der Waals surface area contributed by atoms with Crippen molar-refractivity contribution in [2.24, 2.45) is 0 Å². The molecule has 1 fully saturated rings. The molecule has 0 spiro atoms. The Hall–Kier alpha value is -3.75. The lowest BCUT2D eigenvalue weighted by Crippen LogP contribution is -2.50. The quantitative estimate of drug-likeness (QED) is 0.596.